The lowest BCUT2D eigenvalue weighted by Gasteiger charge is -2.10. The number of rotatable bonds is 5. The molecular weight excluding hydrogens is 310 g/mol. The second-order valence-corrected chi connectivity index (χ2v) is 7.80. The fourth-order valence-corrected chi connectivity index (χ4v) is 3.05. The molecule has 0 fully saturated rings. The van der Waals surface area contributed by atoms with Crippen LogP contribution in [0.15, 0.2) is 47.4 Å². The summed E-state index contributed by atoms with van der Waals surface area (Å²) in [6, 6.07) is 12.8. The van der Waals surface area contributed by atoms with Gasteiger partial charge in [-0.2, -0.15) is 0 Å². The van der Waals surface area contributed by atoms with E-state index >= 15 is 0 Å². The Morgan fingerprint density at radius 3 is 2.43 bits per heavy atom. The zero-order valence-electron chi connectivity index (χ0n) is 13.6. The molecule has 0 radical (unpaired) electrons. The molecule has 0 atom stereocenters. The van der Waals surface area contributed by atoms with Crippen molar-refractivity contribution in [1.82, 2.24) is 0 Å². The van der Waals surface area contributed by atoms with Gasteiger partial charge in [-0.1, -0.05) is 29.8 Å². The summed E-state index contributed by atoms with van der Waals surface area (Å²) in [6.07, 6.45) is 2.23. The molecule has 0 bridgehead atoms. The van der Waals surface area contributed by atoms with Gasteiger partial charge in [0.2, 0.25) is 5.91 Å². The molecule has 23 heavy (non-hydrogen) atoms. The molecule has 0 unspecified atom stereocenters. The molecule has 0 saturated carbocycles. The maximum atomic E-state index is 12.1. The van der Waals surface area contributed by atoms with Gasteiger partial charge < -0.3 is 5.32 Å². The molecule has 1 N–H and O–H groups in total. The molecule has 122 valence electrons. The van der Waals surface area contributed by atoms with Crippen LogP contribution in [0.25, 0.3) is 0 Å². The van der Waals surface area contributed by atoms with Gasteiger partial charge in [0, 0.05) is 18.4 Å². The average Bonchev–Trinajstić information content (AvgIpc) is 2.46. The third-order valence-corrected chi connectivity index (χ3v) is 4.73. The van der Waals surface area contributed by atoms with Gasteiger partial charge in [-0.3, -0.25) is 4.79 Å². The van der Waals surface area contributed by atoms with Crippen LogP contribution in [0.1, 0.15) is 23.1 Å². The summed E-state index contributed by atoms with van der Waals surface area (Å²) in [6.45, 7) is 3.81. The molecule has 4 nitrogen and oxygen atoms in total. The molecule has 1 amide bonds. The number of carbonyl (C=O) groups is 1. The molecule has 5 heteroatoms. The summed E-state index contributed by atoms with van der Waals surface area (Å²) in [4.78, 5) is 12.3. The Balaban J connectivity index is 2.00. The van der Waals surface area contributed by atoms with Crippen molar-refractivity contribution in [2.24, 2.45) is 0 Å². The third-order valence-electron chi connectivity index (χ3n) is 3.62. The molecule has 0 aromatic heterocycles. The van der Waals surface area contributed by atoms with Crippen LogP contribution < -0.4 is 5.32 Å². The smallest absolute Gasteiger partial charge is 0.224 e. The SMILES string of the molecule is Cc1cccc(CCC(=O)Nc2ccc(S(C)(=O)=O)cc2C)c1. The lowest BCUT2D eigenvalue weighted by molar-refractivity contribution is -0.116. The lowest BCUT2D eigenvalue weighted by Crippen LogP contribution is -2.13. The Bertz CT molecular complexity index is 826. The van der Waals surface area contributed by atoms with E-state index in [1.807, 2.05) is 25.1 Å². The molecule has 0 aliphatic rings. The van der Waals surface area contributed by atoms with Crippen LogP contribution in [-0.4, -0.2) is 20.6 Å². The van der Waals surface area contributed by atoms with Crippen molar-refractivity contribution in [3.8, 4) is 0 Å². The van der Waals surface area contributed by atoms with Crippen molar-refractivity contribution in [3.63, 3.8) is 0 Å². The molecule has 2 aromatic carbocycles. The monoisotopic (exact) mass is 331 g/mol. The van der Waals surface area contributed by atoms with E-state index in [0.717, 1.165) is 11.1 Å². The highest BCUT2D eigenvalue weighted by molar-refractivity contribution is 7.90. The fourth-order valence-electron chi connectivity index (χ4n) is 2.35. The summed E-state index contributed by atoms with van der Waals surface area (Å²) >= 11 is 0. The Labute approximate surface area is 137 Å². The zero-order valence-corrected chi connectivity index (χ0v) is 14.4. The van der Waals surface area contributed by atoms with Crippen LogP contribution in [0.3, 0.4) is 0 Å². The summed E-state index contributed by atoms with van der Waals surface area (Å²) in [5.74, 6) is -0.0817. The maximum Gasteiger partial charge on any atom is 0.224 e. The number of anilines is 1. The van der Waals surface area contributed by atoms with E-state index in [2.05, 4.69) is 11.4 Å². The second kappa shape index (κ2) is 6.96. The van der Waals surface area contributed by atoms with E-state index in [4.69, 9.17) is 0 Å². The number of hydrogen-bond donors (Lipinski definition) is 1. The Hall–Kier alpha value is -2.14. The highest BCUT2D eigenvalue weighted by Gasteiger charge is 2.10. The first-order valence-corrected chi connectivity index (χ1v) is 9.31. The zero-order chi connectivity index (χ0) is 17.0. The molecule has 2 rings (SSSR count). The van der Waals surface area contributed by atoms with Gasteiger partial charge in [-0.05, 0) is 49.6 Å². The van der Waals surface area contributed by atoms with Crippen molar-refractivity contribution in [3.05, 3.63) is 59.2 Å². The highest BCUT2D eigenvalue weighted by atomic mass is 32.2. The van der Waals surface area contributed by atoms with Crippen LogP contribution in [0.4, 0.5) is 5.69 Å². The molecule has 0 spiro atoms. The number of sulfone groups is 1. The van der Waals surface area contributed by atoms with Gasteiger partial charge in [0.15, 0.2) is 9.84 Å². The molecule has 0 saturated heterocycles. The summed E-state index contributed by atoms with van der Waals surface area (Å²) in [5, 5.41) is 2.84. The Morgan fingerprint density at radius 1 is 1.09 bits per heavy atom. The van der Waals surface area contributed by atoms with Gasteiger partial charge in [0.1, 0.15) is 0 Å². The predicted octanol–water partition coefficient (Wildman–Crippen LogP) is 3.28. The van der Waals surface area contributed by atoms with E-state index in [1.165, 1.54) is 17.9 Å². The topological polar surface area (TPSA) is 63.2 Å². The van der Waals surface area contributed by atoms with Gasteiger partial charge in [-0.15, -0.1) is 0 Å². The molecule has 0 heterocycles. The van der Waals surface area contributed by atoms with Crippen LogP contribution in [0.5, 0.6) is 0 Å². The minimum absolute atomic E-state index is 0.0817. The van der Waals surface area contributed by atoms with E-state index in [9.17, 15) is 13.2 Å². The van der Waals surface area contributed by atoms with Gasteiger partial charge in [0.05, 0.1) is 4.90 Å². The van der Waals surface area contributed by atoms with Crippen molar-refractivity contribution in [2.45, 2.75) is 31.6 Å². The highest BCUT2D eigenvalue weighted by Crippen LogP contribution is 2.20. The van der Waals surface area contributed by atoms with Crippen molar-refractivity contribution >= 4 is 21.4 Å². The average molecular weight is 331 g/mol. The standard InChI is InChI=1S/C18H21NO3S/c1-13-5-4-6-15(11-13)7-10-18(20)19-17-9-8-16(12-14(17)2)23(3,21)22/h4-6,8-9,11-12H,7,10H2,1-3H3,(H,19,20). The molecule has 2 aromatic rings. The third kappa shape index (κ3) is 4.93. The minimum atomic E-state index is -3.23. The first kappa shape index (κ1) is 17.2. The number of amides is 1. The van der Waals surface area contributed by atoms with Crippen molar-refractivity contribution < 1.29 is 13.2 Å². The van der Waals surface area contributed by atoms with E-state index in [1.54, 1.807) is 19.1 Å². The second-order valence-electron chi connectivity index (χ2n) is 5.79. The Morgan fingerprint density at radius 2 is 1.83 bits per heavy atom. The van der Waals surface area contributed by atoms with Crippen LogP contribution >= 0.6 is 0 Å². The van der Waals surface area contributed by atoms with E-state index in [0.29, 0.717) is 18.5 Å². The normalized spacial score (nSPS) is 11.3. The number of carbonyl (C=O) groups excluding carboxylic acids is 1. The quantitative estimate of drug-likeness (QED) is 0.914. The van der Waals surface area contributed by atoms with Crippen LogP contribution in [-0.2, 0) is 21.1 Å². The maximum absolute atomic E-state index is 12.1. The molecule has 0 aliphatic carbocycles. The molecular formula is C18H21NO3S. The van der Waals surface area contributed by atoms with Gasteiger partial charge in [0.25, 0.3) is 0 Å². The van der Waals surface area contributed by atoms with Crippen molar-refractivity contribution in [1.29, 1.82) is 0 Å². The summed E-state index contributed by atoms with van der Waals surface area (Å²) < 4.78 is 23.0. The fraction of sp³-hybridized carbons (Fsp3) is 0.278. The van der Waals surface area contributed by atoms with E-state index in [-0.39, 0.29) is 10.8 Å². The Kier molecular flexibility index (Phi) is 5.21. The first-order valence-electron chi connectivity index (χ1n) is 7.42. The van der Waals surface area contributed by atoms with Gasteiger partial charge in [-0.25, -0.2) is 8.42 Å². The van der Waals surface area contributed by atoms with Crippen LogP contribution in [0.2, 0.25) is 0 Å². The predicted molar refractivity (Wildman–Crippen MR) is 92.4 cm³/mol. The summed E-state index contributed by atoms with van der Waals surface area (Å²) in [7, 11) is -3.23. The van der Waals surface area contributed by atoms with Gasteiger partial charge >= 0.3 is 0 Å². The van der Waals surface area contributed by atoms with Crippen LogP contribution in [0, 0.1) is 13.8 Å². The molecule has 0 aliphatic heterocycles. The number of nitrogens with one attached hydrogen (secondary N) is 1. The minimum Gasteiger partial charge on any atom is -0.326 e. The largest absolute Gasteiger partial charge is 0.326 e. The number of aryl methyl sites for hydroxylation is 3. The number of benzene rings is 2. The van der Waals surface area contributed by atoms with Crippen molar-refractivity contribution in [2.75, 3.05) is 11.6 Å². The van der Waals surface area contributed by atoms with E-state index < -0.39 is 9.84 Å². The first-order chi connectivity index (χ1) is 10.8. The number of hydrogen-bond acceptors (Lipinski definition) is 3. The summed E-state index contributed by atoms with van der Waals surface area (Å²) in [5.41, 5.74) is 3.68. The lowest BCUT2D eigenvalue weighted by atomic mass is 10.1.